The Bertz CT molecular complexity index is 902. The summed E-state index contributed by atoms with van der Waals surface area (Å²) in [6.45, 7) is 0.477. The summed E-state index contributed by atoms with van der Waals surface area (Å²) in [4.78, 5) is 15.1. The molecule has 1 amide bonds. The van der Waals surface area contributed by atoms with Crippen molar-refractivity contribution in [2.75, 3.05) is 18.4 Å². The van der Waals surface area contributed by atoms with E-state index in [1.54, 1.807) is 0 Å². The minimum Gasteiger partial charge on any atom is -0.361 e. The molecule has 0 aliphatic carbocycles. The van der Waals surface area contributed by atoms with Crippen LogP contribution in [0.1, 0.15) is 11.1 Å². The van der Waals surface area contributed by atoms with Gasteiger partial charge in [0.1, 0.15) is 0 Å². The molecule has 0 saturated carbocycles. The van der Waals surface area contributed by atoms with Gasteiger partial charge in [0.15, 0.2) is 0 Å². The molecule has 26 heavy (non-hydrogen) atoms. The number of alkyl halides is 3. The molecule has 0 bridgehead atoms. The van der Waals surface area contributed by atoms with Crippen LogP contribution in [0.25, 0.3) is 10.9 Å². The SMILES string of the molecule is O=C(CNCCc1c[nH]c2ccccc12)Nc1ccccc1C(F)(F)F. The number of benzene rings is 2. The summed E-state index contributed by atoms with van der Waals surface area (Å²) in [5, 5.41) is 6.40. The third-order valence-electron chi connectivity index (χ3n) is 4.04. The van der Waals surface area contributed by atoms with Crippen molar-refractivity contribution in [3.05, 3.63) is 65.9 Å². The van der Waals surface area contributed by atoms with E-state index in [0.29, 0.717) is 13.0 Å². The molecular weight excluding hydrogens is 343 g/mol. The average molecular weight is 361 g/mol. The summed E-state index contributed by atoms with van der Waals surface area (Å²) >= 11 is 0. The molecule has 4 nitrogen and oxygen atoms in total. The first-order valence-electron chi connectivity index (χ1n) is 8.17. The fourth-order valence-electron chi connectivity index (χ4n) is 2.80. The fraction of sp³-hybridized carbons (Fsp3) is 0.211. The number of para-hydroxylation sites is 2. The lowest BCUT2D eigenvalue weighted by Crippen LogP contribution is -2.30. The number of halogens is 3. The minimum atomic E-state index is -4.51. The van der Waals surface area contributed by atoms with Crippen molar-refractivity contribution in [1.29, 1.82) is 0 Å². The first-order chi connectivity index (χ1) is 12.4. The van der Waals surface area contributed by atoms with Crippen molar-refractivity contribution >= 4 is 22.5 Å². The third-order valence-corrected chi connectivity index (χ3v) is 4.04. The number of anilines is 1. The predicted octanol–water partition coefficient (Wildman–Crippen LogP) is 3.96. The molecule has 0 fully saturated rings. The van der Waals surface area contributed by atoms with Gasteiger partial charge in [0.05, 0.1) is 17.8 Å². The Morgan fingerprint density at radius 1 is 1.04 bits per heavy atom. The van der Waals surface area contributed by atoms with E-state index in [2.05, 4.69) is 15.6 Å². The van der Waals surface area contributed by atoms with Crippen molar-refractivity contribution in [2.45, 2.75) is 12.6 Å². The number of carbonyl (C=O) groups excluding carboxylic acids is 1. The number of aromatic amines is 1. The van der Waals surface area contributed by atoms with Gasteiger partial charge in [0, 0.05) is 17.1 Å². The molecule has 0 spiro atoms. The predicted molar refractivity (Wildman–Crippen MR) is 94.9 cm³/mol. The van der Waals surface area contributed by atoms with E-state index in [4.69, 9.17) is 0 Å². The van der Waals surface area contributed by atoms with Crippen molar-refractivity contribution in [3.63, 3.8) is 0 Å². The number of fused-ring (bicyclic) bond motifs is 1. The van der Waals surface area contributed by atoms with Crippen molar-refractivity contribution < 1.29 is 18.0 Å². The number of amides is 1. The second kappa shape index (κ2) is 7.61. The molecule has 3 rings (SSSR count). The lowest BCUT2D eigenvalue weighted by molar-refractivity contribution is -0.137. The van der Waals surface area contributed by atoms with E-state index in [0.717, 1.165) is 22.5 Å². The second-order valence-corrected chi connectivity index (χ2v) is 5.88. The van der Waals surface area contributed by atoms with Gasteiger partial charge in [-0.3, -0.25) is 4.79 Å². The summed E-state index contributed by atoms with van der Waals surface area (Å²) in [5.41, 5.74) is 1.08. The Labute approximate surface area is 148 Å². The maximum Gasteiger partial charge on any atom is 0.418 e. The molecule has 0 radical (unpaired) electrons. The molecular formula is C19H18F3N3O. The highest BCUT2D eigenvalue weighted by Gasteiger charge is 2.33. The monoisotopic (exact) mass is 361 g/mol. The molecule has 3 N–H and O–H groups in total. The standard InChI is InChI=1S/C19H18F3N3O/c20-19(21,22)15-6-2-4-8-17(15)25-18(26)12-23-10-9-13-11-24-16-7-3-1-5-14(13)16/h1-8,11,23-24H,9-10,12H2,(H,25,26). The zero-order chi connectivity index (χ0) is 18.6. The lowest BCUT2D eigenvalue weighted by Gasteiger charge is -2.13. The first-order valence-corrected chi connectivity index (χ1v) is 8.17. The van der Waals surface area contributed by atoms with Crippen LogP contribution in [-0.4, -0.2) is 24.0 Å². The molecule has 3 aromatic rings. The highest BCUT2D eigenvalue weighted by Crippen LogP contribution is 2.34. The van der Waals surface area contributed by atoms with Gasteiger partial charge >= 0.3 is 6.18 Å². The molecule has 0 aliphatic heterocycles. The molecule has 1 heterocycles. The molecule has 0 atom stereocenters. The van der Waals surface area contributed by atoms with Crippen molar-refractivity contribution in [2.24, 2.45) is 0 Å². The van der Waals surface area contributed by atoms with Gasteiger partial charge in [-0.05, 0) is 36.7 Å². The Kier molecular flexibility index (Phi) is 5.27. The number of carbonyl (C=O) groups is 1. The Morgan fingerprint density at radius 2 is 1.77 bits per heavy atom. The van der Waals surface area contributed by atoms with Crippen molar-refractivity contribution in [3.8, 4) is 0 Å². The zero-order valence-corrected chi connectivity index (χ0v) is 13.9. The largest absolute Gasteiger partial charge is 0.418 e. The van der Waals surface area contributed by atoms with Gasteiger partial charge in [-0.2, -0.15) is 13.2 Å². The lowest BCUT2D eigenvalue weighted by atomic mass is 10.1. The molecule has 1 aromatic heterocycles. The van der Waals surface area contributed by atoms with Crippen LogP contribution in [0.3, 0.4) is 0 Å². The van der Waals surface area contributed by atoms with Crippen LogP contribution >= 0.6 is 0 Å². The first kappa shape index (κ1) is 18.0. The summed E-state index contributed by atoms with van der Waals surface area (Å²) in [6, 6.07) is 12.8. The second-order valence-electron chi connectivity index (χ2n) is 5.88. The van der Waals surface area contributed by atoms with Crippen LogP contribution in [-0.2, 0) is 17.4 Å². The van der Waals surface area contributed by atoms with E-state index in [1.165, 1.54) is 18.2 Å². The Balaban J connectivity index is 1.51. The molecule has 136 valence electrons. The van der Waals surface area contributed by atoms with Gasteiger partial charge in [-0.25, -0.2) is 0 Å². The number of aromatic nitrogens is 1. The van der Waals surface area contributed by atoms with Crippen LogP contribution in [0.15, 0.2) is 54.7 Å². The highest BCUT2D eigenvalue weighted by atomic mass is 19.4. The van der Waals surface area contributed by atoms with Crippen LogP contribution in [0, 0.1) is 0 Å². The molecule has 0 unspecified atom stereocenters. The van der Waals surface area contributed by atoms with Crippen LogP contribution in [0.2, 0.25) is 0 Å². The summed E-state index contributed by atoms with van der Waals surface area (Å²) < 4.78 is 38.8. The van der Waals surface area contributed by atoms with E-state index in [9.17, 15) is 18.0 Å². The number of H-pyrrole nitrogens is 1. The van der Waals surface area contributed by atoms with E-state index in [1.807, 2.05) is 30.5 Å². The van der Waals surface area contributed by atoms with Gasteiger partial charge in [-0.15, -0.1) is 0 Å². The Hall–Kier alpha value is -2.80. The van der Waals surface area contributed by atoms with Crippen LogP contribution < -0.4 is 10.6 Å². The van der Waals surface area contributed by atoms with Crippen LogP contribution in [0.5, 0.6) is 0 Å². The normalized spacial score (nSPS) is 11.7. The molecule has 0 saturated heterocycles. The smallest absolute Gasteiger partial charge is 0.361 e. The maximum absolute atomic E-state index is 12.9. The highest BCUT2D eigenvalue weighted by molar-refractivity contribution is 5.93. The zero-order valence-electron chi connectivity index (χ0n) is 13.9. The topological polar surface area (TPSA) is 56.9 Å². The van der Waals surface area contributed by atoms with Gasteiger partial charge in [0.25, 0.3) is 0 Å². The number of hydrogen-bond acceptors (Lipinski definition) is 2. The van der Waals surface area contributed by atoms with Gasteiger partial charge in [-0.1, -0.05) is 30.3 Å². The van der Waals surface area contributed by atoms with Gasteiger partial charge in [0.2, 0.25) is 5.91 Å². The summed E-state index contributed by atoms with van der Waals surface area (Å²) in [7, 11) is 0. The summed E-state index contributed by atoms with van der Waals surface area (Å²) in [6.07, 6.45) is -1.88. The number of hydrogen-bond donors (Lipinski definition) is 3. The fourth-order valence-corrected chi connectivity index (χ4v) is 2.80. The number of rotatable bonds is 6. The van der Waals surface area contributed by atoms with Crippen LogP contribution in [0.4, 0.5) is 18.9 Å². The maximum atomic E-state index is 12.9. The van der Waals surface area contributed by atoms with E-state index in [-0.39, 0.29) is 12.2 Å². The van der Waals surface area contributed by atoms with Crippen molar-refractivity contribution in [1.82, 2.24) is 10.3 Å². The quantitative estimate of drug-likeness (QED) is 0.582. The Morgan fingerprint density at radius 3 is 2.58 bits per heavy atom. The van der Waals surface area contributed by atoms with Gasteiger partial charge < -0.3 is 15.6 Å². The summed E-state index contributed by atoms with van der Waals surface area (Å²) in [5.74, 6) is -0.513. The van der Waals surface area contributed by atoms with E-state index >= 15 is 0 Å². The molecule has 2 aromatic carbocycles. The van der Waals surface area contributed by atoms with E-state index < -0.39 is 17.6 Å². The minimum absolute atomic E-state index is 0.0610. The third kappa shape index (κ3) is 4.23. The molecule has 0 aliphatic rings. The number of nitrogens with one attached hydrogen (secondary N) is 3. The average Bonchev–Trinajstić information content (AvgIpc) is 3.01. The molecule has 7 heteroatoms.